The molecule has 0 heterocycles. The third-order valence-electron chi connectivity index (χ3n) is 3.06. The van der Waals surface area contributed by atoms with Crippen molar-refractivity contribution in [1.82, 2.24) is 5.32 Å². The van der Waals surface area contributed by atoms with Crippen molar-refractivity contribution in [2.75, 3.05) is 38.9 Å². The van der Waals surface area contributed by atoms with Crippen LogP contribution in [0.1, 0.15) is 12.0 Å². The molecule has 1 unspecified atom stereocenters. The van der Waals surface area contributed by atoms with Crippen molar-refractivity contribution >= 4 is 11.8 Å². The van der Waals surface area contributed by atoms with E-state index in [4.69, 9.17) is 4.74 Å². The molecule has 0 radical (unpaired) electrons. The van der Waals surface area contributed by atoms with Crippen LogP contribution in [-0.4, -0.2) is 44.0 Å². The van der Waals surface area contributed by atoms with Crippen LogP contribution in [0.15, 0.2) is 30.3 Å². The maximum absolute atomic E-state index is 9.73. The van der Waals surface area contributed by atoms with Crippen LogP contribution in [-0.2, 0) is 10.3 Å². The van der Waals surface area contributed by atoms with Gasteiger partial charge in [0.25, 0.3) is 0 Å². The minimum Gasteiger partial charge on any atom is -0.394 e. The molecule has 0 amide bonds. The maximum atomic E-state index is 9.73. The standard InChI is InChI=1S/C14H23NO2S/c1-15-14(11-16,12-18-10-6-9-17-2)13-7-4-3-5-8-13/h3-5,7-8,15-16H,6,9-12H2,1-2H3. The van der Waals surface area contributed by atoms with E-state index < -0.39 is 0 Å². The molecular weight excluding hydrogens is 246 g/mol. The van der Waals surface area contributed by atoms with Gasteiger partial charge in [0.05, 0.1) is 12.1 Å². The molecule has 0 bridgehead atoms. The van der Waals surface area contributed by atoms with E-state index in [2.05, 4.69) is 17.4 Å². The minimum absolute atomic E-state index is 0.102. The summed E-state index contributed by atoms with van der Waals surface area (Å²) in [6.07, 6.45) is 1.04. The Labute approximate surface area is 114 Å². The Morgan fingerprint density at radius 3 is 2.61 bits per heavy atom. The fraction of sp³-hybridized carbons (Fsp3) is 0.571. The number of rotatable bonds is 9. The Morgan fingerprint density at radius 1 is 1.33 bits per heavy atom. The molecule has 0 aliphatic rings. The van der Waals surface area contributed by atoms with Gasteiger partial charge in [0.15, 0.2) is 0 Å². The van der Waals surface area contributed by atoms with Crippen LogP contribution >= 0.6 is 11.8 Å². The zero-order chi connectivity index (χ0) is 13.3. The van der Waals surface area contributed by atoms with E-state index >= 15 is 0 Å². The monoisotopic (exact) mass is 269 g/mol. The molecule has 18 heavy (non-hydrogen) atoms. The van der Waals surface area contributed by atoms with E-state index in [9.17, 15) is 5.11 Å². The van der Waals surface area contributed by atoms with Gasteiger partial charge in [-0.1, -0.05) is 30.3 Å². The highest BCUT2D eigenvalue weighted by molar-refractivity contribution is 7.99. The highest BCUT2D eigenvalue weighted by atomic mass is 32.2. The van der Waals surface area contributed by atoms with Gasteiger partial charge in [-0.2, -0.15) is 11.8 Å². The first-order valence-electron chi connectivity index (χ1n) is 6.21. The Bertz CT molecular complexity index is 315. The first kappa shape index (κ1) is 15.5. The smallest absolute Gasteiger partial charge is 0.0758 e. The summed E-state index contributed by atoms with van der Waals surface area (Å²) in [5, 5.41) is 13.0. The van der Waals surface area contributed by atoms with Crippen molar-refractivity contribution in [2.24, 2.45) is 0 Å². The Kier molecular flexibility index (Phi) is 7.35. The van der Waals surface area contributed by atoms with Crippen molar-refractivity contribution < 1.29 is 9.84 Å². The van der Waals surface area contributed by atoms with Gasteiger partial charge in [-0.25, -0.2) is 0 Å². The van der Waals surface area contributed by atoms with Crippen LogP contribution in [0, 0.1) is 0 Å². The van der Waals surface area contributed by atoms with E-state index in [1.807, 2.05) is 37.0 Å². The summed E-state index contributed by atoms with van der Waals surface area (Å²) >= 11 is 1.84. The second-order valence-electron chi connectivity index (χ2n) is 4.26. The van der Waals surface area contributed by atoms with Crippen molar-refractivity contribution in [3.63, 3.8) is 0 Å². The molecule has 1 aromatic carbocycles. The van der Waals surface area contributed by atoms with Gasteiger partial charge in [0.2, 0.25) is 0 Å². The number of aliphatic hydroxyl groups is 1. The molecule has 102 valence electrons. The Hall–Kier alpha value is -0.550. The van der Waals surface area contributed by atoms with E-state index in [0.29, 0.717) is 0 Å². The number of ether oxygens (including phenoxy) is 1. The summed E-state index contributed by atoms with van der Waals surface area (Å²) in [7, 11) is 3.62. The van der Waals surface area contributed by atoms with Gasteiger partial charge >= 0.3 is 0 Å². The fourth-order valence-electron chi connectivity index (χ4n) is 1.82. The number of benzene rings is 1. The largest absolute Gasteiger partial charge is 0.394 e. The molecule has 1 aromatic rings. The summed E-state index contributed by atoms with van der Waals surface area (Å²) in [5.41, 5.74) is 0.785. The second kappa shape index (κ2) is 8.53. The Balaban J connectivity index is 2.58. The highest BCUT2D eigenvalue weighted by Crippen LogP contribution is 2.25. The molecule has 3 nitrogen and oxygen atoms in total. The summed E-state index contributed by atoms with van der Waals surface area (Å²) in [4.78, 5) is 0. The molecule has 0 aliphatic heterocycles. The van der Waals surface area contributed by atoms with Gasteiger partial charge in [0.1, 0.15) is 0 Å². The third-order valence-corrected chi connectivity index (χ3v) is 4.33. The van der Waals surface area contributed by atoms with Crippen LogP contribution in [0.5, 0.6) is 0 Å². The fourth-order valence-corrected chi connectivity index (χ4v) is 3.04. The summed E-state index contributed by atoms with van der Waals surface area (Å²) in [6.45, 7) is 0.898. The summed E-state index contributed by atoms with van der Waals surface area (Å²) < 4.78 is 5.03. The number of thioether (sulfide) groups is 1. The molecule has 1 atom stereocenters. The molecule has 1 rings (SSSR count). The Morgan fingerprint density at radius 2 is 2.06 bits per heavy atom. The van der Waals surface area contributed by atoms with Crippen LogP contribution in [0.4, 0.5) is 0 Å². The molecule has 2 N–H and O–H groups in total. The van der Waals surface area contributed by atoms with E-state index in [-0.39, 0.29) is 12.1 Å². The number of hydrogen-bond donors (Lipinski definition) is 2. The van der Waals surface area contributed by atoms with Gasteiger partial charge in [-0.3, -0.25) is 0 Å². The van der Waals surface area contributed by atoms with Crippen molar-refractivity contribution in [3.8, 4) is 0 Å². The first-order chi connectivity index (χ1) is 8.79. The lowest BCUT2D eigenvalue weighted by atomic mass is 9.93. The molecule has 0 aromatic heterocycles. The highest BCUT2D eigenvalue weighted by Gasteiger charge is 2.29. The van der Waals surface area contributed by atoms with E-state index in [1.165, 1.54) is 0 Å². The quantitative estimate of drug-likeness (QED) is 0.672. The molecule has 0 spiro atoms. The number of methoxy groups -OCH3 is 1. The van der Waals surface area contributed by atoms with Gasteiger partial charge in [0, 0.05) is 19.5 Å². The van der Waals surface area contributed by atoms with Gasteiger partial charge < -0.3 is 15.2 Å². The number of likely N-dealkylation sites (N-methyl/N-ethyl adjacent to an activating group) is 1. The average molecular weight is 269 g/mol. The predicted octanol–water partition coefficient (Wildman–Crippen LogP) is 1.86. The summed E-state index contributed by atoms with van der Waals surface area (Å²) in [5.74, 6) is 1.90. The molecule has 0 saturated carbocycles. The SMILES string of the molecule is CNC(CO)(CSCCCOC)c1ccccc1. The van der Waals surface area contributed by atoms with E-state index in [0.717, 1.165) is 30.1 Å². The molecule has 0 fully saturated rings. The lowest BCUT2D eigenvalue weighted by molar-refractivity contribution is 0.187. The first-order valence-corrected chi connectivity index (χ1v) is 7.36. The van der Waals surface area contributed by atoms with Crippen LogP contribution in [0.3, 0.4) is 0 Å². The average Bonchev–Trinajstić information content (AvgIpc) is 2.44. The topological polar surface area (TPSA) is 41.5 Å². The summed E-state index contributed by atoms with van der Waals surface area (Å²) in [6, 6.07) is 10.1. The zero-order valence-electron chi connectivity index (χ0n) is 11.2. The number of aliphatic hydroxyl groups excluding tert-OH is 1. The molecule has 0 aliphatic carbocycles. The van der Waals surface area contributed by atoms with Crippen LogP contribution < -0.4 is 5.32 Å². The third kappa shape index (κ3) is 4.28. The number of nitrogens with one attached hydrogen (secondary N) is 1. The van der Waals surface area contributed by atoms with Crippen LogP contribution in [0.25, 0.3) is 0 Å². The normalized spacial score (nSPS) is 14.4. The maximum Gasteiger partial charge on any atom is 0.0758 e. The van der Waals surface area contributed by atoms with Crippen LogP contribution in [0.2, 0.25) is 0 Å². The molecule has 4 heteroatoms. The van der Waals surface area contributed by atoms with Crippen molar-refractivity contribution in [2.45, 2.75) is 12.0 Å². The zero-order valence-corrected chi connectivity index (χ0v) is 12.0. The minimum atomic E-state index is -0.348. The van der Waals surface area contributed by atoms with Gasteiger partial charge in [-0.05, 0) is 24.8 Å². The lowest BCUT2D eigenvalue weighted by Crippen LogP contribution is -2.46. The van der Waals surface area contributed by atoms with Crippen molar-refractivity contribution in [3.05, 3.63) is 35.9 Å². The second-order valence-corrected chi connectivity index (χ2v) is 5.36. The molecular formula is C14H23NO2S. The van der Waals surface area contributed by atoms with E-state index in [1.54, 1.807) is 7.11 Å². The van der Waals surface area contributed by atoms with Gasteiger partial charge in [-0.15, -0.1) is 0 Å². The lowest BCUT2D eigenvalue weighted by Gasteiger charge is -2.32. The predicted molar refractivity (Wildman–Crippen MR) is 78.1 cm³/mol. The number of hydrogen-bond acceptors (Lipinski definition) is 4. The van der Waals surface area contributed by atoms with Crippen molar-refractivity contribution in [1.29, 1.82) is 0 Å². The molecule has 0 saturated heterocycles.